The highest BCUT2D eigenvalue weighted by Gasteiger charge is 2.30. The van der Waals surface area contributed by atoms with Gasteiger partial charge in [0.2, 0.25) is 0 Å². The lowest BCUT2D eigenvalue weighted by molar-refractivity contribution is -0.161. The summed E-state index contributed by atoms with van der Waals surface area (Å²) in [7, 11) is -9.98. The molecule has 0 aromatic rings. The van der Waals surface area contributed by atoms with Crippen molar-refractivity contribution < 1.29 is 80.2 Å². The molecule has 0 radical (unpaired) electrons. The van der Waals surface area contributed by atoms with Crippen LogP contribution in [0.4, 0.5) is 0 Å². The van der Waals surface area contributed by atoms with Gasteiger partial charge >= 0.3 is 39.5 Å². The van der Waals surface area contributed by atoms with Crippen LogP contribution < -0.4 is 0 Å². The Balaban J connectivity index is 5.41. The van der Waals surface area contributed by atoms with E-state index in [9.17, 15) is 43.2 Å². The van der Waals surface area contributed by atoms with Crippen molar-refractivity contribution in [3.8, 4) is 0 Å². The first kappa shape index (κ1) is 103. The van der Waals surface area contributed by atoms with E-state index >= 15 is 0 Å². The molecule has 19 heteroatoms. The van der Waals surface area contributed by atoms with Gasteiger partial charge < -0.3 is 33.8 Å². The lowest BCUT2D eigenvalue weighted by atomic mass is 10.1. The topological polar surface area (TPSA) is 237 Å². The Hall–Kier alpha value is -4.80. The van der Waals surface area contributed by atoms with Gasteiger partial charge in [0.15, 0.2) is 12.2 Å². The van der Waals surface area contributed by atoms with Crippen LogP contribution in [0.2, 0.25) is 0 Å². The first-order valence-corrected chi connectivity index (χ1v) is 45.4. The maximum atomic E-state index is 13.1. The van der Waals surface area contributed by atoms with Crippen LogP contribution in [0.25, 0.3) is 0 Å². The molecule has 5 unspecified atom stereocenters. The molecule has 0 aliphatic rings. The van der Waals surface area contributed by atoms with E-state index in [0.717, 1.165) is 212 Å². The number of ether oxygens (including phenoxy) is 4. The molecular formula is C89H152O17P2. The maximum absolute atomic E-state index is 13.1. The van der Waals surface area contributed by atoms with Crippen molar-refractivity contribution in [1.82, 2.24) is 0 Å². The van der Waals surface area contributed by atoms with Crippen LogP contribution in [0.5, 0.6) is 0 Å². The Kier molecular flexibility index (Phi) is 76.7. The molecule has 17 nitrogen and oxygen atoms in total. The SMILES string of the molecule is CC/C=C\C/C=C\C/C=C\C/C=C\CCCCCCC(=O)OCC(COP(=O)(O)OCC(O)COP(=O)(O)OCC(COC(=O)CCCCCCCC/C=C\C/C=C\C/C=C\CCCCC)OC(=O)CCCCCCC/C=C\CCCCCCCC)OC(=O)CCCCCCCCC/C=C\C/C=C\C/C=C\CC. The lowest BCUT2D eigenvalue weighted by Gasteiger charge is -2.21. The predicted molar refractivity (Wildman–Crippen MR) is 445 cm³/mol. The zero-order chi connectivity index (χ0) is 78.9. The van der Waals surface area contributed by atoms with E-state index in [0.29, 0.717) is 25.7 Å². The van der Waals surface area contributed by atoms with Crippen LogP contribution in [-0.2, 0) is 65.4 Å². The van der Waals surface area contributed by atoms with Crippen LogP contribution in [0, 0.1) is 0 Å². The minimum absolute atomic E-state index is 0.0748. The number of carbonyl (C=O) groups excluding carboxylic acids is 4. The summed E-state index contributed by atoms with van der Waals surface area (Å²) in [6, 6.07) is 0. The standard InChI is InChI=1S/C89H152O17P2/c1-5-9-13-17-21-25-29-33-37-40-41-44-47-50-54-58-62-66-70-74-87(92)100-79-84(105-88(93)75-71-67-63-59-55-51-45-36-32-28-24-20-16-12-8-4)81-103-107(95,96)101-77-83(90)78-102-108(97,98)104-82-85(106-89(94)76-72-68-64-60-56-52-48-43-39-35-31-27-23-19-15-11-7-3)80-99-86(91)73-69-65-61-57-53-49-46-42-38-34-30-26-22-18-14-10-6-2/h10-11,14-15,21-23,25-27,33-39,41,44-46,49,83-85,90H,5-9,12-13,16-20,24,28-32,40,42-43,47-48,50-82H2,1-4H3,(H,95,96)(H,97,98)/b14-10-,15-11-,25-21-,26-22-,27-23-,37-33-,38-34-,39-35-,44-41-,45-36-,49-46-. The quantitative estimate of drug-likeness (QED) is 0.0169. The van der Waals surface area contributed by atoms with Crippen LogP contribution in [-0.4, -0.2) is 96.7 Å². The molecule has 0 aliphatic carbocycles. The molecule has 0 aromatic carbocycles. The van der Waals surface area contributed by atoms with Crippen molar-refractivity contribution >= 4 is 39.5 Å². The first-order chi connectivity index (χ1) is 52.7. The summed E-state index contributed by atoms with van der Waals surface area (Å²) in [5.41, 5.74) is 0. The van der Waals surface area contributed by atoms with Crippen LogP contribution in [0.15, 0.2) is 134 Å². The molecular weight excluding hydrogens is 1400 g/mol. The number of phosphoric ester groups is 2. The van der Waals surface area contributed by atoms with E-state index in [1.165, 1.54) is 57.8 Å². The number of aliphatic hydroxyl groups excluding tert-OH is 1. The number of rotatable bonds is 79. The summed E-state index contributed by atoms with van der Waals surface area (Å²) in [6.45, 7) is 4.60. The highest BCUT2D eigenvalue weighted by atomic mass is 31.2. The Morgan fingerprint density at radius 1 is 0.269 bits per heavy atom. The third-order valence-electron chi connectivity index (χ3n) is 17.6. The minimum Gasteiger partial charge on any atom is -0.462 e. The number of hydrogen-bond acceptors (Lipinski definition) is 15. The number of hydrogen-bond donors (Lipinski definition) is 3. The molecule has 0 fully saturated rings. The van der Waals surface area contributed by atoms with Gasteiger partial charge in [-0.05, 0) is 161 Å². The van der Waals surface area contributed by atoms with Crippen LogP contribution >= 0.6 is 15.6 Å². The van der Waals surface area contributed by atoms with Gasteiger partial charge in [-0.1, -0.05) is 296 Å². The molecule has 5 atom stereocenters. The first-order valence-electron chi connectivity index (χ1n) is 42.4. The van der Waals surface area contributed by atoms with E-state index in [2.05, 4.69) is 161 Å². The molecule has 0 amide bonds. The second-order valence-corrected chi connectivity index (χ2v) is 30.9. The van der Waals surface area contributed by atoms with E-state index in [1.54, 1.807) is 0 Å². The van der Waals surface area contributed by atoms with E-state index in [-0.39, 0.29) is 25.7 Å². The third-order valence-corrected chi connectivity index (χ3v) is 19.5. The number of esters is 4. The van der Waals surface area contributed by atoms with Gasteiger partial charge in [-0.2, -0.15) is 0 Å². The molecule has 3 N–H and O–H groups in total. The summed E-state index contributed by atoms with van der Waals surface area (Å²) in [5, 5.41) is 10.7. The van der Waals surface area contributed by atoms with E-state index < -0.39 is 97.5 Å². The Morgan fingerprint density at radius 3 is 0.769 bits per heavy atom. The zero-order valence-electron chi connectivity index (χ0n) is 68.0. The van der Waals surface area contributed by atoms with Gasteiger partial charge in [0.05, 0.1) is 26.4 Å². The number of unbranched alkanes of at least 4 members (excludes halogenated alkanes) is 31. The molecule has 620 valence electrons. The zero-order valence-corrected chi connectivity index (χ0v) is 69.8. The average molecular weight is 1560 g/mol. The van der Waals surface area contributed by atoms with E-state index in [4.69, 9.17) is 37.0 Å². The lowest BCUT2D eigenvalue weighted by Crippen LogP contribution is -2.30. The molecule has 0 spiro atoms. The third kappa shape index (κ3) is 79.3. The largest absolute Gasteiger partial charge is 0.472 e. The monoisotopic (exact) mass is 1560 g/mol. The molecule has 0 heterocycles. The maximum Gasteiger partial charge on any atom is 0.472 e. The molecule has 0 saturated carbocycles. The second-order valence-electron chi connectivity index (χ2n) is 28.0. The van der Waals surface area contributed by atoms with Crippen molar-refractivity contribution in [3.05, 3.63) is 134 Å². The van der Waals surface area contributed by atoms with Crippen molar-refractivity contribution in [1.29, 1.82) is 0 Å². The Labute approximate surface area is 656 Å². The van der Waals surface area contributed by atoms with Gasteiger partial charge in [-0.25, -0.2) is 9.13 Å². The molecule has 0 saturated heterocycles. The summed E-state index contributed by atoms with van der Waals surface area (Å²) in [4.78, 5) is 73.2. The van der Waals surface area contributed by atoms with Crippen LogP contribution in [0.3, 0.4) is 0 Å². The fourth-order valence-electron chi connectivity index (χ4n) is 11.2. The van der Waals surface area contributed by atoms with Gasteiger partial charge in [0.1, 0.15) is 19.3 Å². The highest BCUT2D eigenvalue weighted by Crippen LogP contribution is 2.45. The molecule has 0 rings (SSSR count). The van der Waals surface area contributed by atoms with Gasteiger partial charge in [-0.15, -0.1) is 0 Å². The smallest absolute Gasteiger partial charge is 0.462 e. The number of phosphoric acid groups is 2. The highest BCUT2D eigenvalue weighted by molar-refractivity contribution is 7.47. The molecule has 108 heavy (non-hydrogen) atoms. The summed E-state index contributed by atoms with van der Waals surface area (Å²) in [6.07, 6.45) is 91.2. The number of carbonyl (C=O) groups is 4. The van der Waals surface area contributed by atoms with Gasteiger partial charge in [0.25, 0.3) is 0 Å². The molecule has 0 aliphatic heterocycles. The number of aliphatic hydroxyl groups is 1. The Morgan fingerprint density at radius 2 is 0.481 bits per heavy atom. The summed E-state index contributed by atoms with van der Waals surface area (Å²) >= 11 is 0. The van der Waals surface area contributed by atoms with Crippen LogP contribution in [0.1, 0.15) is 349 Å². The Bertz CT molecular complexity index is 2560. The summed E-state index contributed by atoms with van der Waals surface area (Å²) < 4.78 is 68.8. The average Bonchev–Trinajstić information content (AvgIpc) is 0.901. The van der Waals surface area contributed by atoms with E-state index in [1.807, 2.05) is 0 Å². The molecule has 0 bridgehead atoms. The minimum atomic E-state index is -4.99. The number of allylic oxidation sites excluding steroid dienone is 22. The van der Waals surface area contributed by atoms with Gasteiger partial charge in [0, 0.05) is 25.7 Å². The predicted octanol–water partition coefficient (Wildman–Crippen LogP) is 25.2. The summed E-state index contributed by atoms with van der Waals surface area (Å²) in [5.74, 6) is -2.23. The fourth-order valence-corrected chi connectivity index (χ4v) is 12.7. The van der Waals surface area contributed by atoms with Crippen molar-refractivity contribution in [2.45, 2.75) is 367 Å². The fraction of sp³-hybridized carbons (Fsp3) is 0.708. The van der Waals surface area contributed by atoms with Crippen molar-refractivity contribution in [2.24, 2.45) is 0 Å². The molecule has 0 aromatic heterocycles. The van der Waals surface area contributed by atoms with Gasteiger partial charge in [-0.3, -0.25) is 37.3 Å². The normalized spacial score (nSPS) is 14.5. The second kappa shape index (κ2) is 80.3. The van der Waals surface area contributed by atoms with Crippen molar-refractivity contribution in [2.75, 3.05) is 39.6 Å². The van der Waals surface area contributed by atoms with Crippen molar-refractivity contribution in [3.63, 3.8) is 0 Å².